The Morgan fingerprint density at radius 1 is 0.867 bits per heavy atom. The SMILES string of the molecule is COc1ccc(NC(=O)N[C@@H](Cc2ccc(O)cc2)C(=O)N[C@@H](CNC(=O)[C@@H](N)Cc2ccc([N+](=O)[O-])cc2)C(=O)NC[C@H]2O[C@@H](n3ccc(=O)[nH]c3=O)[C@H](O)[C@@H]2O)cc1. The summed E-state index contributed by atoms with van der Waals surface area (Å²) < 4.78 is 11.6. The largest absolute Gasteiger partial charge is 0.508 e. The molecular weight excluding hydrogens is 790 g/mol. The maximum absolute atomic E-state index is 14.0. The number of hydrogen-bond acceptors (Lipinski definition) is 14. The van der Waals surface area contributed by atoms with Crippen LogP contribution < -0.4 is 48.3 Å². The molecule has 1 saturated heterocycles. The van der Waals surface area contributed by atoms with Gasteiger partial charge in [0.15, 0.2) is 6.23 Å². The highest BCUT2D eigenvalue weighted by Crippen LogP contribution is 2.28. The van der Waals surface area contributed by atoms with E-state index in [-0.39, 0.29) is 24.3 Å². The van der Waals surface area contributed by atoms with E-state index in [4.69, 9.17) is 15.2 Å². The number of aromatic amines is 1. The minimum Gasteiger partial charge on any atom is -0.508 e. The van der Waals surface area contributed by atoms with Crippen LogP contribution in [0.1, 0.15) is 17.4 Å². The van der Waals surface area contributed by atoms with Crippen LogP contribution in [0, 0.1) is 10.1 Å². The number of nitrogens with two attached hydrogens (primary N) is 1. The first-order chi connectivity index (χ1) is 28.6. The maximum atomic E-state index is 14.0. The van der Waals surface area contributed by atoms with Crippen LogP contribution in [0.2, 0.25) is 0 Å². The van der Waals surface area contributed by atoms with Crippen molar-refractivity contribution in [1.29, 1.82) is 0 Å². The molecule has 3 aromatic carbocycles. The lowest BCUT2D eigenvalue weighted by molar-refractivity contribution is -0.384. The number of aromatic nitrogens is 2. The van der Waals surface area contributed by atoms with Crippen LogP contribution in [-0.4, -0.2) is 110 Å². The van der Waals surface area contributed by atoms with Gasteiger partial charge in [-0.25, -0.2) is 9.59 Å². The van der Waals surface area contributed by atoms with Crippen LogP contribution in [0.3, 0.4) is 0 Å². The van der Waals surface area contributed by atoms with Gasteiger partial charge in [-0.1, -0.05) is 24.3 Å². The summed E-state index contributed by atoms with van der Waals surface area (Å²) in [4.78, 5) is 90.4. The van der Waals surface area contributed by atoms with Crippen LogP contribution in [0.4, 0.5) is 16.2 Å². The molecule has 5 amide bonds. The number of nitro groups is 1. The van der Waals surface area contributed by atoms with Gasteiger partial charge < -0.3 is 57.1 Å². The molecule has 22 heteroatoms. The zero-order valence-corrected chi connectivity index (χ0v) is 31.8. The normalized spacial score (nSPS) is 18.6. The van der Waals surface area contributed by atoms with Gasteiger partial charge in [-0.3, -0.25) is 38.8 Å². The van der Waals surface area contributed by atoms with Crippen LogP contribution >= 0.6 is 0 Å². The Bertz CT molecular complexity index is 2270. The van der Waals surface area contributed by atoms with Crippen molar-refractivity contribution in [3.8, 4) is 11.5 Å². The van der Waals surface area contributed by atoms with Crippen molar-refractivity contribution in [3.05, 3.63) is 127 Å². The van der Waals surface area contributed by atoms with Crippen LogP contribution in [0.25, 0.3) is 0 Å². The van der Waals surface area contributed by atoms with E-state index in [1.54, 1.807) is 24.3 Å². The molecule has 7 atom stereocenters. The number of carbonyl (C=O) groups is 4. The number of aromatic hydroxyl groups is 1. The van der Waals surface area contributed by atoms with E-state index in [2.05, 4.69) is 26.6 Å². The molecule has 0 spiro atoms. The average molecular weight is 834 g/mol. The molecule has 0 aliphatic carbocycles. The predicted octanol–water partition coefficient (Wildman–Crippen LogP) is -1.50. The van der Waals surface area contributed by atoms with Crippen LogP contribution in [0.15, 0.2) is 94.6 Å². The minimum absolute atomic E-state index is 0.0478. The molecule has 0 bridgehead atoms. The number of amides is 5. The number of aliphatic hydroxyl groups is 2. The zero-order chi connectivity index (χ0) is 43.5. The highest BCUT2D eigenvalue weighted by molar-refractivity contribution is 5.96. The molecule has 2 heterocycles. The van der Waals surface area contributed by atoms with Crippen molar-refractivity contribution in [2.24, 2.45) is 5.73 Å². The molecule has 318 valence electrons. The van der Waals surface area contributed by atoms with Crippen molar-refractivity contribution in [3.63, 3.8) is 0 Å². The van der Waals surface area contributed by atoms with E-state index in [1.807, 2.05) is 4.98 Å². The second-order valence-corrected chi connectivity index (χ2v) is 13.6. The number of aliphatic hydroxyl groups excluding tert-OH is 2. The number of methoxy groups -OCH3 is 1. The number of ether oxygens (including phenoxy) is 2. The van der Waals surface area contributed by atoms with E-state index < -0.39 is 95.7 Å². The van der Waals surface area contributed by atoms with Gasteiger partial charge in [0, 0.05) is 49.6 Å². The first-order valence-electron chi connectivity index (χ1n) is 18.3. The van der Waals surface area contributed by atoms with Gasteiger partial charge in [-0.15, -0.1) is 0 Å². The summed E-state index contributed by atoms with van der Waals surface area (Å²) in [7, 11) is 1.48. The van der Waals surface area contributed by atoms with Gasteiger partial charge in [0.2, 0.25) is 17.7 Å². The number of benzene rings is 3. The number of phenolic OH excluding ortho intramolecular Hbond substituents is 1. The van der Waals surface area contributed by atoms with Crippen molar-refractivity contribution < 1.29 is 48.9 Å². The molecule has 22 nitrogen and oxygen atoms in total. The van der Waals surface area contributed by atoms with Crippen LogP contribution in [-0.2, 0) is 32.0 Å². The lowest BCUT2D eigenvalue weighted by Crippen LogP contribution is -2.59. The van der Waals surface area contributed by atoms with Gasteiger partial charge in [0.05, 0.1) is 18.1 Å². The first-order valence-corrected chi connectivity index (χ1v) is 18.3. The summed E-state index contributed by atoms with van der Waals surface area (Å²) in [5.74, 6) is -2.09. The topological polar surface area (TPSA) is 332 Å². The minimum atomic E-state index is -1.67. The van der Waals surface area contributed by atoms with E-state index in [9.17, 15) is 54.2 Å². The Morgan fingerprint density at radius 3 is 2.15 bits per heavy atom. The van der Waals surface area contributed by atoms with Crippen molar-refractivity contribution in [2.75, 3.05) is 25.5 Å². The van der Waals surface area contributed by atoms with Crippen molar-refractivity contribution in [1.82, 2.24) is 30.8 Å². The predicted molar refractivity (Wildman–Crippen MR) is 211 cm³/mol. The number of rotatable bonds is 17. The third-order valence-corrected chi connectivity index (χ3v) is 9.34. The van der Waals surface area contributed by atoms with Gasteiger partial charge in [0.25, 0.3) is 11.2 Å². The monoisotopic (exact) mass is 833 g/mol. The third-order valence-electron chi connectivity index (χ3n) is 9.34. The maximum Gasteiger partial charge on any atom is 0.330 e. The number of urea groups is 1. The van der Waals surface area contributed by atoms with E-state index in [1.165, 1.54) is 55.6 Å². The third kappa shape index (κ3) is 11.7. The van der Waals surface area contributed by atoms with E-state index in [0.29, 0.717) is 22.6 Å². The fourth-order valence-electron chi connectivity index (χ4n) is 6.07. The fraction of sp³-hybridized carbons (Fsp3) is 0.316. The molecule has 5 rings (SSSR count). The number of nitrogens with one attached hydrogen (secondary N) is 6. The summed E-state index contributed by atoms with van der Waals surface area (Å²) in [5, 5.41) is 54.9. The lowest BCUT2D eigenvalue weighted by Gasteiger charge is -2.25. The summed E-state index contributed by atoms with van der Waals surface area (Å²) in [6, 6.07) is 13.6. The number of carbonyl (C=O) groups excluding carboxylic acids is 4. The molecule has 0 saturated carbocycles. The summed E-state index contributed by atoms with van der Waals surface area (Å²) in [6.07, 6.45) is -5.18. The van der Waals surface area contributed by atoms with Crippen molar-refractivity contribution in [2.45, 2.75) is 55.5 Å². The Balaban J connectivity index is 1.32. The highest BCUT2D eigenvalue weighted by Gasteiger charge is 2.44. The molecule has 1 aliphatic rings. The highest BCUT2D eigenvalue weighted by atomic mass is 16.6. The standard InChI is InChI=1S/C38H43N9O13/c1-59-25-12-6-22(7-13-25)42-37(55)44-27(17-21-4-10-24(48)11-5-21)35(54)43-28(18-40-33(52)26(39)16-20-2-8-23(9-3-20)47(57)58)34(53)41-19-29-31(50)32(51)36(60-29)46-15-14-30(49)45-38(46)56/h2-15,26-29,31-32,36,48,50-51H,16-19,39H2,1H3,(H,40,52)(H,41,53)(H,43,54)(H2,42,44,55)(H,45,49,56)/t26-,27-,28-,29+,31+,32+,36+/m0/s1. The summed E-state index contributed by atoms with van der Waals surface area (Å²) >= 11 is 0. The molecule has 4 aromatic rings. The molecule has 60 heavy (non-hydrogen) atoms. The molecule has 0 radical (unpaired) electrons. The zero-order valence-electron chi connectivity index (χ0n) is 31.8. The Kier molecular flexibility index (Phi) is 14.7. The molecule has 1 aliphatic heterocycles. The molecular formula is C38H43N9O13. The summed E-state index contributed by atoms with van der Waals surface area (Å²) in [5.41, 5.74) is 5.68. The number of nitro benzene ring substituents is 1. The Hall–Kier alpha value is -7.14. The fourth-order valence-corrected chi connectivity index (χ4v) is 6.07. The van der Waals surface area contributed by atoms with Gasteiger partial charge >= 0.3 is 11.7 Å². The molecule has 11 N–H and O–H groups in total. The first kappa shape index (κ1) is 44.0. The average Bonchev–Trinajstić information content (AvgIpc) is 3.50. The summed E-state index contributed by atoms with van der Waals surface area (Å²) in [6.45, 7) is -1.04. The quantitative estimate of drug-likeness (QED) is 0.0428. The second kappa shape index (κ2) is 20.0. The number of nitrogens with zero attached hydrogens (tertiary/aromatic N) is 2. The van der Waals surface area contributed by atoms with Crippen LogP contribution in [0.5, 0.6) is 11.5 Å². The molecule has 0 unspecified atom stereocenters. The Labute approximate surface area is 339 Å². The number of anilines is 1. The van der Waals surface area contributed by atoms with Crippen molar-refractivity contribution >= 4 is 35.1 Å². The van der Waals surface area contributed by atoms with Gasteiger partial charge in [-0.2, -0.15) is 0 Å². The van der Waals surface area contributed by atoms with E-state index in [0.717, 1.165) is 16.8 Å². The van der Waals surface area contributed by atoms with Gasteiger partial charge in [0.1, 0.15) is 41.9 Å². The Morgan fingerprint density at radius 2 is 1.52 bits per heavy atom. The number of hydrogen-bond donors (Lipinski definition) is 10. The smallest absolute Gasteiger partial charge is 0.330 e. The number of H-pyrrole nitrogens is 1. The molecule has 1 fully saturated rings. The second-order valence-electron chi connectivity index (χ2n) is 13.6. The number of non-ortho nitro benzene ring substituents is 1. The van der Waals surface area contributed by atoms with E-state index >= 15 is 0 Å². The molecule has 1 aromatic heterocycles. The lowest BCUT2D eigenvalue weighted by atomic mass is 10.0. The number of phenols is 1. The van der Waals surface area contributed by atoms with Gasteiger partial charge in [-0.05, 0) is 53.9 Å².